The smallest absolute Gasteiger partial charge is 0.254 e. The van der Waals surface area contributed by atoms with Gasteiger partial charge in [0.25, 0.3) is 5.91 Å². The molecular weight excluding hydrogens is 325 g/mol. The Hall–Kier alpha value is -2.35. The quantitative estimate of drug-likeness (QED) is 0.788. The third-order valence-corrected chi connectivity index (χ3v) is 4.59. The molecule has 1 aliphatic rings. The maximum atomic E-state index is 13.7. The van der Waals surface area contributed by atoms with E-state index < -0.39 is 11.7 Å². The Labute approximate surface area is 145 Å². The molecule has 8 heteroatoms. The molecule has 0 bridgehead atoms. The zero-order valence-electron chi connectivity index (χ0n) is 13.9. The average Bonchev–Trinajstić information content (AvgIpc) is 3.23. The first kappa shape index (κ1) is 17.5. The van der Waals surface area contributed by atoms with Gasteiger partial charge in [-0.3, -0.25) is 14.5 Å². The molecule has 0 unspecified atom stereocenters. The molecule has 2 atom stereocenters. The third-order valence-electron chi connectivity index (χ3n) is 4.59. The van der Waals surface area contributed by atoms with Crippen LogP contribution in [0.1, 0.15) is 41.7 Å². The normalized spacial score (nSPS) is 19.9. The van der Waals surface area contributed by atoms with E-state index in [4.69, 9.17) is 5.11 Å². The number of aryl methyl sites for hydroxylation is 1. The number of nitrogens with zero attached hydrogens (tertiary/aromatic N) is 4. The van der Waals surface area contributed by atoms with Crippen molar-refractivity contribution in [2.75, 3.05) is 6.61 Å². The Kier molecular flexibility index (Phi) is 5.70. The van der Waals surface area contributed by atoms with Crippen molar-refractivity contribution in [3.63, 3.8) is 0 Å². The van der Waals surface area contributed by atoms with Crippen molar-refractivity contribution in [2.24, 2.45) is 5.92 Å². The van der Waals surface area contributed by atoms with Gasteiger partial charge in [-0.25, -0.2) is 4.39 Å². The number of hydrogen-bond donors (Lipinski definition) is 2. The van der Waals surface area contributed by atoms with E-state index in [-0.39, 0.29) is 24.1 Å². The van der Waals surface area contributed by atoms with Crippen LogP contribution in [0.3, 0.4) is 0 Å². The lowest BCUT2D eigenvalue weighted by atomic mass is 10.0. The highest BCUT2D eigenvalue weighted by Crippen LogP contribution is 2.27. The highest BCUT2D eigenvalue weighted by Gasteiger charge is 2.30. The lowest BCUT2D eigenvalue weighted by Crippen LogP contribution is -2.39. The van der Waals surface area contributed by atoms with Crippen LogP contribution in [0.25, 0.3) is 0 Å². The van der Waals surface area contributed by atoms with Gasteiger partial charge in [0.15, 0.2) is 5.82 Å². The minimum Gasteiger partial charge on any atom is -0.396 e. The summed E-state index contributed by atoms with van der Waals surface area (Å²) in [4.78, 5) is 16.0. The fourth-order valence-electron chi connectivity index (χ4n) is 3.29. The highest BCUT2D eigenvalue weighted by atomic mass is 19.1. The van der Waals surface area contributed by atoms with Crippen LogP contribution in [0.4, 0.5) is 4.39 Å². The number of aromatic nitrogens is 4. The van der Waals surface area contributed by atoms with Gasteiger partial charge in [-0.15, -0.1) is 5.10 Å². The molecule has 1 saturated carbocycles. The fraction of sp³-hybridized carbons (Fsp3) is 0.529. The Morgan fingerprint density at radius 2 is 2.32 bits per heavy atom. The zero-order valence-corrected chi connectivity index (χ0v) is 13.9. The van der Waals surface area contributed by atoms with E-state index in [0.29, 0.717) is 19.4 Å². The van der Waals surface area contributed by atoms with Gasteiger partial charge in [-0.05, 0) is 37.7 Å². The summed E-state index contributed by atoms with van der Waals surface area (Å²) in [5.74, 6) is -0.778. The SMILES string of the molecule is O=C(N[C@H]1CCC[C@H]1Cn1cc(CCCO)nn1)c1ccncc1F. The van der Waals surface area contributed by atoms with Crippen LogP contribution in [0.5, 0.6) is 0 Å². The van der Waals surface area contributed by atoms with Crippen LogP contribution >= 0.6 is 0 Å². The molecule has 2 aromatic rings. The van der Waals surface area contributed by atoms with Gasteiger partial charge in [-0.1, -0.05) is 11.6 Å². The van der Waals surface area contributed by atoms with Crippen LogP contribution < -0.4 is 5.32 Å². The molecule has 0 radical (unpaired) electrons. The summed E-state index contributed by atoms with van der Waals surface area (Å²) in [6.07, 6.45) is 8.57. The maximum absolute atomic E-state index is 13.7. The fourth-order valence-corrected chi connectivity index (χ4v) is 3.29. The summed E-state index contributed by atoms with van der Waals surface area (Å²) in [6.45, 7) is 0.797. The number of aliphatic hydroxyl groups is 1. The Bertz CT molecular complexity index is 721. The zero-order chi connectivity index (χ0) is 17.6. The number of amides is 1. The molecule has 0 saturated heterocycles. The molecule has 3 rings (SSSR count). The standard InChI is InChI=1S/C17H22FN5O2/c18-15-9-19-7-6-14(15)17(25)20-16-5-1-3-12(16)10-23-11-13(21-22-23)4-2-8-24/h6-7,9,11-12,16,24H,1-5,8,10H2,(H,20,25)/t12-,16-/m0/s1. The van der Waals surface area contributed by atoms with Gasteiger partial charge in [-0.2, -0.15) is 0 Å². The molecule has 2 heterocycles. The summed E-state index contributed by atoms with van der Waals surface area (Å²) in [5.41, 5.74) is 0.874. The van der Waals surface area contributed by atoms with Gasteiger partial charge in [0.1, 0.15) is 0 Å². The molecule has 2 N–H and O–H groups in total. The van der Waals surface area contributed by atoms with Crippen molar-refractivity contribution in [2.45, 2.75) is 44.7 Å². The number of carbonyl (C=O) groups is 1. The topological polar surface area (TPSA) is 92.9 Å². The molecule has 1 amide bonds. The second-order valence-electron chi connectivity index (χ2n) is 6.39. The van der Waals surface area contributed by atoms with Crippen LogP contribution in [0.15, 0.2) is 24.7 Å². The first-order chi connectivity index (χ1) is 12.2. The van der Waals surface area contributed by atoms with Crippen molar-refractivity contribution in [1.29, 1.82) is 0 Å². The van der Waals surface area contributed by atoms with Crippen LogP contribution in [0.2, 0.25) is 0 Å². The molecule has 7 nitrogen and oxygen atoms in total. The molecule has 2 aromatic heterocycles. The second-order valence-corrected chi connectivity index (χ2v) is 6.39. The average molecular weight is 347 g/mol. The van der Waals surface area contributed by atoms with Gasteiger partial charge >= 0.3 is 0 Å². The highest BCUT2D eigenvalue weighted by molar-refractivity contribution is 5.94. The number of aliphatic hydroxyl groups excluding tert-OH is 1. The van der Waals surface area contributed by atoms with E-state index >= 15 is 0 Å². The van der Waals surface area contributed by atoms with E-state index in [1.807, 2.05) is 6.20 Å². The molecule has 0 spiro atoms. The Morgan fingerprint density at radius 1 is 1.44 bits per heavy atom. The summed E-state index contributed by atoms with van der Waals surface area (Å²) < 4.78 is 15.5. The van der Waals surface area contributed by atoms with Crippen molar-refractivity contribution >= 4 is 5.91 Å². The number of pyridine rings is 1. The van der Waals surface area contributed by atoms with E-state index in [1.165, 1.54) is 12.3 Å². The van der Waals surface area contributed by atoms with E-state index in [9.17, 15) is 9.18 Å². The van der Waals surface area contributed by atoms with Crippen molar-refractivity contribution in [3.8, 4) is 0 Å². The minimum atomic E-state index is -0.612. The number of hydrogen-bond acceptors (Lipinski definition) is 5. The van der Waals surface area contributed by atoms with Crippen molar-refractivity contribution < 1.29 is 14.3 Å². The lowest BCUT2D eigenvalue weighted by Gasteiger charge is -2.21. The number of halogens is 1. The summed E-state index contributed by atoms with van der Waals surface area (Å²) in [5, 5.41) is 20.0. The van der Waals surface area contributed by atoms with Crippen molar-refractivity contribution in [3.05, 3.63) is 41.7 Å². The van der Waals surface area contributed by atoms with Gasteiger partial charge in [0, 0.05) is 31.6 Å². The molecule has 0 aromatic carbocycles. The Balaban J connectivity index is 1.60. The largest absolute Gasteiger partial charge is 0.396 e. The summed E-state index contributed by atoms with van der Waals surface area (Å²) in [7, 11) is 0. The lowest BCUT2D eigenvalue weighted by molar-refractivity contribution is 0.0920. The summed E-state index contributed by atoms with van der Waals surface area (Å²) >= 11 is 0. The number of carbonyl (C=O) groups excluding carboxylic acids is 1. The predicted octanol–water partition coefficient (Wildman–Crippen LogP) is 1.34. The van der Waals surface area contributed by atoms with E-state index in [0.717, 1.165) is 31.2 Å². The minimum absolute atomic E-state index is 0.00911. The monoisotopic (exact) mass is 347 g/mol. The van der Waals surface area contributed by atoms with Gasteiger partial charge in [0.2, 0.25) is 0 Å². The molecular formula is C17H22FN5O2. The first-order valence-corrected chi connectivity index (χ1v) is 8.57. The second kappa shape index (κ2) is 8.15. The van der Waals surface area contributed by atoms with Crippen molar-refractivity contribution in [1.82, 2.24) is 25.3 Å². The maximum Gasteiger partial charge on any atom is 0.254 e. The van der Waals surface area contributed by atoms with Gasteiger partial charge < -0.3 is 10.4 Å². The molecule has 1 fully saturated rings. The van der Waals surface area contributed by atoms with E-state index in [1.54, 1.807) is 4.68 Å². The van der Waals surface area contributed by atoms with E-state index in [2.05, 4.69) is 20.6 Å². The van der Waals surface area contributed by atoms with Gasteiger partial charge in [0.05, 0.1) is 17.5 Å². The van der Waals surface area contributed by atoms with Crippen LogP contribution in [-0.4, -0.2) is 43.6 Å². The first-order valence-electron chi connectivity index (χ1n) is 8.57. The van der Waals surface area contributed by atoms with Crippen LogP contribution in [0, 0.1) is 11.7 Å². The predicted molar refractivity (Wildman–Crippen MR) is 88.2 cm³/mol. The van der Waals surface area contributed by atoms with Crippen LogP contribution in [-0.2, 0) is 13.0 Å². The molecule has 1 aliphatic carbocycles. The third kappa shape index (κ3) is 4.39. The Morgan fingerprint density at radius 3 is 3.12 bits per heavy atom. The number of nitrogens with one attached hydrogen (secondary N) is 1. The summed E-state index contributed by atoms with van der Waals surface area (Å²) in [6, 6.07) is 1.38. The molecule has 134 valence electrons. The number of rotatable bonds is 7. The molecule has 0 aliphatic heterocycles. The molecule has 25 heavy (non-hydrogen) atoms.